The lowest BCUT2D eigenvalue weighted by molar-refractivity contribution is 0.0685. The molecular formula is C12H17NO2. The van der Waals surface area contributed by atoms with Crippen molar-refractivity contribution in [3.05, 3.63) is 36.2 Å². The van der Waals surface area contributed by atoms with E-state index in [1.54, 1.807) is 16.7 Å². The first-order valence-corrected chi connectivity index (χ1v) is 5.08. The van der Waals surface area contributed by atoms with Crippen LogP contribution in [0, 0.1) is 5.92 Å². The van der Waals surface area contributed by atoms with Crippen molar-refractivity contribution < 1.29 is 9.90 Å². The Morgan fingerprint density at radius 3 is 2.73 bits per heavy atom. The van der Waals surface area contributed by atoms with Gasteiger partial charge in [-0.05, 0) is 24.5 Å². The average molecular weight is 207 g/mol. The van der Waals surface area contributed by atoms with E-state index in [0.717, 1.165) is 12.1 Å². The molecule has 0 aliphatic heterocycles. The normalized spacial score (nSPS) is 10.6. The molecule has 1 aromatic heterocycles. The molecule has 0 fully saturated rings. The molecular weight excluding hydrogens is 190 g/mol. The number of carboxylic acids is 1. The van der Waals surface area contributed by atoms with Gasteiger partial charge in [0, 0.05) is 12.2 Å². The minimum absolute atomic E-state index is 0.338. The van der Waals surface area contributed by atoms with Crippen LogP contribution in [0.3, 0.4) is 0 Å². The van der Waals surface area contributed by atoms with Crippen LogP contribution < -0.4 is 0 Å². The Balaban J connectivity index is 3.05. The molecule has 3 heteroatoms. The van der Waals surface area contributed by atoms with Crippen LogP contribution in [0.5, 0.6) is 0 Å². The van der Waals surface area contributed by atoms with Crippen molar-refractivity contribution in [1.82, 2.24) is 4.57 Å². The maximum absolute atomic E-state index is 10.9. The van der Waals surface area contributed by atoms with E-state index in [0.29, 0.717) is 18.2 Å². The summed E-state index contributed by atoms with van der Waals surface area (Å²) in [6.07, 6.45) is 2.61. The number of hydrogen-bond donors (Lipinski definition) is 1. The zero-order chi connectivity index (χ0) is 11.4. The van der Waals surface area contributed by atoms with Gasteiger partial charge >= 0.3 is 5.97 Å². The number of aromatic nitrogens is 1. The standard InChI is InChI=1S/C12H17NO2/c1-4-7-13-10(8-9(2)3)5-6-11(13)12(14)15/h4-6,9H,1,7-8H2,2-3H3,(H,14,15). The van der Waals surface area contributed by atoms with Gasteiger partial charge in [0.15, 0.2) is 0 Å². The molecule has 1 rings (SSSR count). The highest BCUT2D eigenvalue weighted by Crippen LogP contribution is 2.14. The van der Waals surface area contributed by atoms with Gasteiger partial charge in [0.05, 0.1) is 0 Å². The third-order valence-electron chi connectivity index (χ3n) is 2.22. The van der Waals surface area contributed by atoms with Crippen LogP contribution in [0.15, 0.2) is 24.8 Å². The second-order valence-electron chi connectivity index (χ2n) is 4.01. The van der Waals surface area contributed by atoms with Gasteiger partial charge in [-0.3, -0.25) is 0 Å². The smallest absolute Gasteiger partial charge is 0.352 e. The Morgan fingerprint density at radius 1 is 1.60 bits per heavy atom. The molecule has 1 heterocycles. The molecule has 1 aromatic rings. The van der Waals surface area contributed by atoms with E-state index in [9.17, 15) is 4.79 Å². The maximum Gasteiger partial charge on any atom is 0.352 e. The highest BCUT2D eigenvalue weighted by molar-refractivity contribution is 5.86. The SMILES string of the molecule is C=CCn1c(CC(C)C)ccc1C(=O)O. The second-order valence-corrected chi connectivity index (χ2v) is 4.01. The molecule has 1 N–H and O–H groups in total. The molecule has 0 amide bonds. The van der Waals surface area contributed by atoms with Crippen molar-refractivity contribution in [3.8, 4) is 0 Å². The average Bonchev–Trinajstić information content (AvgIpc) is 2.48. The molecule has 0 aliphatic carbocycles. The highest BCUT2D eigenvalue weighted by atomic mass is 16.4. The van der Waals surface area contributed by atoms with Crippen molar-refractivity contribution in [2.45, 2.75) is 26.8 Å². The Labute approximate surface area is 90.0 Å². The van der Waals surface area contributed by atoms with Gasteiger partial charge in [0.1, 0.15) is 5.69 Å². The van der Waals surface area contributed by atoms with Gasteiger partial charge in [-0.25, -0.2) is 4.79 Å². The van der Waals surface area contributed by atoms with Crippen molar-refractivity contribution in [1.29, 1.82) is 0 Å². The number of aromatic carboxylic acids is 1. The number of allylic oxidation sites excluding steroid dienone is 1. The molecule has 3 nitrogen and oxygen atoms in total. The van der Waals surface area contributed by atoms with Crippen molar-refractivity contribution in [3.63, 3.8) is 0 Å². The van der Waals surface area contributed by atoms with Gasteiger partial charge in [-0.1, -0.05) is 19.9 Å². The van der Waals surface area contributed by atoms with Gasteiger partial charge in [-0.2, -0.15) is 0 Å². The third-order valence-corrected chi connectivity index (χ3v) is 2.22. The van der Waals surface area contributed by atoms with Crippen LogP contribution in [-0.4, -0.2) is 15.6 Å². The fourth-order valence-corrected chi connectivity index (χ4v) is 1.64. The van der Waals surface area contributed by atoms with E-state index < -0.39 is 5.97 Å². The van der Waals surface area contributed by atoms with Crippen molar-refractivity contribution in [2.24, 2.45) is 5.92 Å². The van der Waals surface area contributed by atoms with Gasteiger partial charge < -0.3 is 9.67 Å². The predicted molar refractivity (Wildman–Crippen MR) is 60.1 cm³/mol. The third kappa shape index (κ3) is 2.72. The minimum Gasteiger partial charge on any atom is -0.477 e. The van der Waals surface area contributed by atoms with E-state index >= 15 is 0 Å². The first-order valence-electron chi connectivity index (χ1n) is 5.08. The van der Waals surface area contributed by atoms with Crippen LogP contribution in [0.25, 0.3) is 0 Å². The van der Waals surface area contributed by atoms with Crippen LogP contribution in [0.2, 0.25) is 0 Å². The molecule has 82 valence electrons. The molecule has 0 saturated heterocycles. The number of hydrogen-bond acceptors (Lipinski definition) is 1. The van der Waals surface area contributed by atoms with E-state index in [-0.39, 0.29) is 0 Å². The van der Waals surface area contributed by atoms with Crippen molar-refractivity contribution >= 4 is 5.97 Å². The molecule has 15 heavy (non-hydrogen) atoms. The molecule has 0 radical (unpaired) electrons. The molecule has 0 aliphatic rings. The van der Waals surface area contributed by atoms with Crippen LogP contribution in [0.4, 0.5) is 0 Å². The summed E-state index contributed by atoms with van der Waals surface area (Å²) < 4.78 is 1.80. The molecule has 0 aromatic carbocycles. The molecule has 0 saturated carbocycles. The Bertz CT molecular complexity index is 364. The van der Waals surface area contributed by atoms with Gasteiger partial charge in [0.2, 0.25) is 0 Å². The van der Waals surface area contributed by atoms with Gasteiger partial charge in [0.25, 0.3) is 0 Å². The van der Waals surface area contributed by atoms with Crippen LogP contribution in [0.1, 0.15) is 30.0 Å². The monoisotopic (exact) mass is 207 g/mol. The fraction of sp³-hybridized carbons (Fsp3) is 0.417. The zero-order valence-electron chi connectivity index (χ0n) is 9.23. The Hall–Kier alpha value is -1.51. The summed E-state index contributed by atoms with van der Waals surface area (Å²) in [5.41, 5.74) is 1.40. The Kier molecular flexibility index (Phi) is 3.72. The largest absolute Gasteiger partial charge is 0.477 e. The lowest BCUT2D eigenvalue weighted by atomic mass is 10.1. The summed E-state index contributed by atoms with van der Waals surface area (Å²) in [6.45, 7) is 8.43. The number of carbonyl (C=O) groups is 1. The minimum atomic E-state index is -0.883. The summed E-state index contributed by atoms with van der Waals surface area (Å²) in [4.78, 5) is 10.9. The molecule has 0 unspecified atom stereocenters. The quantitative estimate of drug-likeness (QED) is 0.754. The van der Waals surface area contributed by atoms with E-state index in [2.05, 4.69) is 20.4 Å². The fourth-order valence-electron chi connectivity index (χ4n) is 1.64. The maximum atomic E-state index is 10.9. The summed E-state index contributed by atoms with van der Waals surface area (Å²) >= 11 is 0. The van der Waals surface area contributed by atoms with Crippen molar-refractivity contribution in [2.75, 3.05) is 0 Å². The highest BCUT2D eigenvalue weighted by Gasteiger charge is 2.13. The lowest BCUT2D eigenvalue weighted by Gasteiger charge is -2.10. The first kappa shape index (κ1) is 11.6. The molecule has 0 bridgehead atoms. The Morgan fingerprint density at radius 2 is 2.27 bits per heavy atom. The topological polar surface area (TPSA) is 42.2 Å². The van der Waals surface area contributed by atoms with E-state index in [1.165, 1.54) is 0 Å². The summed E-state index contributed by atoms with van der Waals surface area (Å²) in [5, 5.41) is 8.98. The van der Waals surface area contributed by atoms with Crippen LogP contribution >= 0.6 is 0 Å². The molecule has 0 atom stereocenters. The summed E-state index contributed by atoms with van der Waals surface area (Å²) in [6, 6.07) is 3.54. The number of rotatable bonds is 5. The second kappa shape index (κ2) is 4.82. The molecule has 0 spiro atoms. The zero-order valence-corrected chi connectivity index (χ0v) is 9.23. The number of nitrogens with zero attached hydrogens (tertiary/aromatic N) is 1. The van der Waals surface area contributed by atoms with E-state index in [4.69, 9.17) is 5.11 Å². The number of carboxylic acid groups (broad SMARTS) is 1. The van der Waals surface area contributed by atoms with Gasteiger partial charge in [-0.15, -0.1) is 6.58 Å². The van der Waals surface area contributed by atoms with E-state index in [1.807, 2.05) is 6.07 Å². The predicted octanol–water partition coefficient (Wildman–Crippen LogP) is 2.57. The van der Waals surface area contributed by atoms with Crippen LogP contribution in [-0.2, 0) is 13.0 Å². The lowest BCUT2D eigenvalue weighted by Crippen LogP contribution is -2.11. The first-order chi connectivity index (χ1) is 7.06. The summed E-state index contributed by atoms with van der Waals surface area (Å²) in [7, 11) is 0. The summed E-state index contributed by atoms with van der Waals surface area (Å²) in [5.74, 6) is -0.364.